The molecule has 0 bridgehead atoms. The lowest BCUT2D eigenvalue weighted by Crippen LogP contribution is -2.37. The van der Waals surface area contributed by atoms with Gasteiger partial charge in [0.15, 0.2) is 6.61 Å². The van der Waals surface area contributed by atoms with Gasteiger partial charge >= 0.3 is 12.0 Å². The van der Waals surface area contributed by atoms with E-state index >= 15 is 0 Å². The number of methoxy groups -OCH3 is 1. The number of imide groups is 1. The van der Waals surface area contributed by atoms with Gasteiger partial charge in [-0.05, 0) is 37.6 Å². The first kappa shape index (κ1) is 18.9. The van der Waals surface area contributed by atoms with Gasteiger partial charge in [0.25, 0.3) is 5.91 Å². The van der Waals surface area contributed by atoms with Gasteiger partial charge in [-0.1, -0.05) is 17.7 Å². The fourth-order valence-electron chi connectivity index (χ4n) is 2.19. The Morgan fingerprint density at radius 3 is 2.62 bits per heavy atom. The molecule has 1 heterocycles. The van der Waals surface area contributed by atoms with Crippen molar-refractivity contribution in [2.45, 2.75) is 13.8 Å². The summed E-state index contributed by atoms with van der Waals surface area (Å²) in [6.07, 6.45) is 1.46. The van der Waals surface area contributed by atoms with Gasteiger partial charge in [0.1, 0.15) is 5.56 Å². The summed E-state index contributed by atoms with van der Waals surface area (Å²) >= 11 is 0. The van der Waals surface area contributed by atoms with Crippen molar-refractivity contribution < 1.29 is 23.9 Å². The van der Waals surface area contributed by atoms with E-state index in [0.717, 1.165) is 11.1 Å². The van der Waals surface area contributed by atoms with Crippen LogP contribution in [-0.2, 0) is 9.53 Å². The van der Waals surface area contributed by atoms with Crippen molar-refractivity contribution in [2.75, 3.05) is 19.0 Å². The van der Waals surface area contributed by atoms with Crippen LogP contribution in [0.3, 0.4) is 0 Å². The number of nitrogens with zero attached hydrogens (tertiary/aromatic N) is 1. The summed E-state index contributed by atoms with van der Waals surface area (Å²) in [5.41, 5.74) is 2.59. The standard InChI is InChI=1S/C18H19N3O5/c1-11-6-7-14(12(2)9-11)20-18(24)21-15(22)10-26-17(23)13-5-4-8-19-16(13)25-3/h4-9H,10H2,1-3H3,(H2,20,21,22,24). The third-order valence-electron chi connectivity index (χ3n) is 3.40. The minimum absolute atomic E-state index is 0.0857. The summed E-state index contributed by atoms with van der Waals surface area (Å²) in [6, 6.07) is 7.77. The number of aromatic nitrogens is 1. The van der Waals surface area contributed by atoms with Crippen LogP contribution in [0, 0.1) is 13.8 Å². The first-order valence-corrected chi connectivity index (χ1v) is 7.75. The quantitative estimate of drug-likeness (QED) is 0.795. The number of nitrogens with one attached hydrogen (secondary N) is 2. The Balaban J connectivity index is 1.86. The molecule has 8 heteroatoms. The summed E-state index contributed by atoms with van der Waals surface area (Å²) in [4.78, 5) is 39.5. The second-order valence-electron chi connectivity index (χ2n) is 5.46. The van der Waals surface area contributed by atoms with Gasteiger partial charge in [0.2, 0.25) is 5.88 Å². The summed E-state index contributed by atoms with van der Waals surface area (Å²) in [7, 11) is 1.36. The van der Waals surface area contributed by atoms with E-state index in [1.807, 2.05) is 26.0 Å². The number of hydrogen-bond acceptors (Lipinski definition) is 6. The van der Waals surface area contributed by atoms with Crippen LogP contribution in [0.4, 0.5) is 10.5 Å². The van der Waals surface area contributed by atoms with Crippen LogP contribution in [0.2, 0.25) is 0 Å². The number of benzene rings is 1. The Bertz CT molecular complexity index is 835. The predicted octanol–water partition coefficient (Wildman–Crippen LogP) is 2.21. The third-order valence-corrected chi connectivity index (χ3v) is 3.40. The number of rotatable bonds is 5. The molecule has 0 aliphatic carbocycles. The summed E-state index contributed by atoms with van der Waals surface area (Å²) in [5, 5.41) is 4.66. The zero-order valence-electron chi connectivity index (χ0n) is 14.7. The van der Waals surface area contributed by atoms with Crippen LogP contribution >= 0.6 is 0 Å². The molecule has 0 saturated carbocycles. The number of ether oxygens (including phenoxy) is 2. The van der Waals surface area contributed by atoms with E-state index in [9.17, 15) is 14.4 Å². The van der Waals surface area contributed by atoms with E-state index in [0.29, 0.717) is 5.69 Å². The first-order valence-electron chi connectivity index (χ1n) is 7.75. The topological polar surface area (TPSA) is 107 Å². The molecular formula is C18H19N3O5. The molecule has 0 radical (unpaired) electrons. The largest absolute Gasteiger partial charge is 0.480 e. The normalized spacial score (nSPS) is 9.96. The Labute approximate surface area is 150 Å². The second-order valence-corrected chi connectivity index (χ2v) is 5.46. The summed E-state index contributed by atoms with van der Waals surface area (Å²) in [5.74, 6) is -1.45. The molecule has 26 heavy (non-hydrogen) atoms. The van der Waals surface area contributed by atoms with E-state index in [-0.39, 0.29) is 11.4 Å². The predicted molar refractivity (Wildman–Crippen MR) is 94.1 cm³/mol. The van der Waals surface area contributed by atoms with Gasteiger partial charge in [0.05, 0.1) is 7.11 Å². The zero-order chi connectivity index (χ0) is 19.1. The molecule has 3 amide bonds. The number of carbonyl (C=O) groups is 3. The third kappa shape index (κ3) is 5.04. The van der Waals surface area contributed by atoms with E-state index in [4.69, 9.17) is 9.47 Å². The molecule has 2 aromatic rings. The molecule has 0 fully saturated rings. The van der Waals surface area contributed by atoms with Crippen molar-refractivity contribution >= 4 is 23.6 Å². The van der Waals surface area contributed by atoms with Gasteiger partial charge in [-0.2, -0.15) is 0 Å². The van der Waals surface area contributed by atoms with E-state index < -0.39 is 24.5 Å². The summed E-state index contributed by atoms with van der Waals surface area (Å²) < 4.78 is 9.82. The van der Waals surface area contributed by atoms with Gasteiger partial charge in [-0.25, -0.2) is 14.6 Å². The van der Waals surface area contributed by atoms with Gasteiger partial charge in [0, 0.05) is 11.9 Å². The maximum absolute atomic E-state index is 12.0. The average molecular weight is 357 g/mol. The number of esters is 1. The first-order chi connectivity index (χ1) is 12.4. The Hall–Kier alpha value is -3.42. The van der Waals surface area contributed by atoms with Crippen LogP contribution in [0.15, 0.2) is 36.5 Å². The number of carbonyl (C=O) groups excluding carboxylic acids is 3. The number of pyridine rings is 1. The van der Waals surface area contributed by atoms with Crippen molar-refractivity contribution in [2.24, 2.45) is 0 Å². The number of amides is 3. The molecule has 2 rings (SSSR count). The minimum Gasteiger partial charge on any atom is -0.480 e. The molecule has 136 valence electrons. The number of anilines is 1. The lowest BCUT2D eigenvalue weighted by molar-refractivity contribution is -0.123. The smallest absolute Gasteiger partial charge is 0.344 e. The second kappa shape index (κ2) is 8.61. The zero-order valence-corrected chi connectivity index (χ0v) is 14.7. The molecule has 0 atom stereocenters. The Kier molecular flexibility index (Phi) is 6.26. The summed E-state index contributed by atoms with van der Waals surface area (Å²) in [6.45, 7) is 3.16. The molecule has 1 aromatic carbocycles. The van der Waals surface area contributed by atoms with Gasteiger partial charge in [-0.3, -0.25) is 10.1 Å². The van der Waals surface area contributed by atoms with Crippen molar-refractivity contribution in [3.05, 3.63) is 53.2 Å². The highest BCUT2D eigenvalue weighted by Gasteiger charge is 2.17. The average Bonchev–Trinajstić information content (AvgIpc) is 2.62. The van der Waals surface area contributed by atoms with Crippen molar-refractivity contribution in [3.8, 4) is 5.88 Å². The van der Waals surface area contributed by atoms with E-state index in [2.05, 4.69) is 15.6 Å². The molecule has 0 spiro atoms. The maximum atomic E-state index is 12.0. The minimum atomic E-state index is -0.778. The van der Waals surface area contributed by atoms with Crippen LogP contribution < -0.4 is 15.4 Å². The molecule has 0 aliphatic heterocycles. The number of urea groups is 1. The van der Waals surface area contributed by atoms with Crippen LogP contribution in [0.1, 0.15) is 21.5 Å². The number of hydrogen-bond donors (Lipinski definition) is 2. The van der Waals surface area contributed by atoms with Crippen molar-refractivity contribution in [1.29, 1.82) is 0 Å². The highest BCUT2D eigenvalue weighted by atomic mass is 16.5. The molecule has 8 nitrogen and oxygen atoms in total. The monoisotopic (exact) mass is 357 g/mol. The van der Waals surface area contributed by atoms with Crippen LogP contribution in [-0.4, -0.2) is 36.6 Å². The fourth-order valence-corrected chi connectivity index (χ4v) is 2.19. The van der Waals surface area contributed by atoms with E-state index in [1.165, 1.54) is 25.4 Å². The maximum Gasteiger partial charge on any atom is 0.344 e. The fraction of sp³-hybridized carbons (Fsp3) is 0.222. The molecule has 2 N–H and O–H groups in total. The number of aryl methyl sites for hydroxylation is 2. The van der Waals surface area contributed by atoms with Gasteiger partial charge < -0.3 is 14.8 Å². The SMILES string of the molecule is COc1ncccc1C(=O)OCC(=O)NC(=O)Nc1ccc(C)cc1C. The molecule has 1 aromatic heterocycles. The van der Waals surface area contributed by atoms with Crippen LogP contribution in [0.25, 0.3) is 0 Å². The highest BCUT2D eigenvalue weighted by molar-refractivity contribution is 6.02. The molecule has 0 saturated heterocycles. The van der Waals surface area contributed by atoms with Gasteiger partial charge in [-0.15, -0.1) is 0 Å². The molecule has 0 unspecified atom stereocenters. The Morgan fingerprint density at radius 1 is 1.15 bits per heavy atom. The Morgan fingerprint density at radius 2 is 1.92 bits per heavy atom. The van der Waals surface area contributed by atoms with Crippen LogP contribution in [0.5, 0.6) is 5.88 Å². The molecule has 0 aliphatic rings. The lowest BCUT2D eigenvalue weighted by atomic mass is 10.1. The highest BCUT2D eigenvalue weighted by Crippen LogP contribution is 2.16. The van der Waals surface area contributed by atoms with E-state index in [1.54, 1.807) is 6.07 Å². The van der Waals surface area contributed by atoms with Crippen molar-refractivity contribution in [3.63, 3.8) is 0 Å². The molecular weight excluding hydrogens is 338 g/mol. The van der Waals surface area contributed by atoms with Crippen molar-refractivity contribution in [1.82, 2.24) is 10.3 Å². The lowest BCUT2D eigenvalue weighted by Gasteiger charge is -2.10.